The van der Waals surface area contributed by atoms with Crippen LogP contribution in [0.25, 0.3) is 0 Å². The average molecular weight is 762 g/mol. The normalized spacial score (nSPS) is 29.1. The maximum atomic E-state index is 9.45. The molecule has 3 rings (SSSR count). The first kappa shape index (κ1) is 26.1. The van der Waals surface area contributed by atoms with E-state index in [4.69, 9.17) is 0 Å². The van der Waals surface area contributed by atoms with Gasteiger partial charge in [-0.25, -0.2) is 9.97 Å². The molecule has 1 atom stereocenters. The Morgan fingerprint density at radius 1 is 0.964 bits per heavy atom. The summed E-state index contributed by atoms with van der Waals surface area (Å²) in [5.41, 5.74) is 1.04. The minimum atomic E-state index is -0.322. The van der Waals surface area contributed by atoms with E-state index in [1.54, 1.807) is 0 Å². The van der Waals surface area contributed by atoms with Gasteiger partial charge in [0.2, 0.25) is 0 Å². The van der Waals surface area contributed by atoms with Crippen LogP contribution in [0.15, 0.2) is 12.4 Å². The quantitative estimate of drug-likeness (QED) is 0.316. The van der Waals surface area contributed by atoms with Gasteiger partial charge in [-0.1, -0.05) is 26.2 Å². The fourth-order valence-corrected chi connectivity index (χ4v) is 4.94. The summed E-state index contributed by atoms with van der Waals surface area (Å²) in [5, 5.41) is 9.45. The molecule has 2 aliphatic carbocycles. The molecule has 28 heavy (non-hydrogen) atoms. The number of halogens is 3. The van der Waals surface area contributed by atoms with Crippen molar-refractivity contribution in [1.82, 2.24) is 9.97 Å². The molecule has 0 aromatic carbocycles. The van der Waals surface area contributed by atoms with Crippen LogP contribution in [-0.4, -0.2) is 21.2 Å². The molecule has 7 heteroatoms. The van der Waals surface area contributed by atoms with Crippen LogP contribution in [0.3, 0.4) is 0 Å². The van der Waals surface area contributed by atoms with E-state index < -0.39 is 0 Å². The van der Waals surface area contributed by atoms with E-state index in [2.05, 4.69) is 76.8 Å². The Labute approximate surface area is 209 Å². The molecule has 0 bridgehead atoms. The summed E-state index contributed by atoms with van der Waals surface area (Å²) in [4.78, 5) is 8.91. The van der Waals surface area contributed by atoms with Gasteiger partial charge < -0.3 is 5.11 Å². The molecule has 160 valence electrons. The van der Waals surface area contributed by atoms with Gasteiger partial charge in [-0.15, -0.1) is 0 Å². The van der Waals surface area contributed by atoms with Crippen LogP contribution >= 0.6 is 59.9 Å². The fraction of sp³-hybridized carbons (Fsp3) is 0.810. The van der Waals surface area contributed by atoms with E-state index in [9.17, 15) is 5.11 Å². The molecule has 1 aromatic rings. The first-order valence-electron chi connectivity index (χ1n) is 10.6. The van der Waals surface area contributed by atoms with Crippen molar-refractivity contribution in [2.45, 2.75) is 90.1 Å². The number of rotatable bonds is 5. The van der Waals surface area contributed by atoms with E-state index in [0.717, 1.165) is 29.1 Å². The molecule has 1 unspecified atom stereocenters. The summed E-state index contributed by atoms with van der Waals surface area (Å²) < 4.78 is 0. The molecule has 1 N–H and O–H groups in total. The van der Waals surface area contributed by atoms with Gasteiger partial charge in [0.05, 0.1) is 6.10 Å². The summed E-state index contributed by atoms with van der Waals surface area (Å²) in [7, 11) is 0. The number of aliphatic hydroxyl groups excluding tert-OH is 1. The number of aromatic nitrogens is 2. The van der Waals surface area contributed by atoms with Crippen molar-refractivity contribution in [3.05, 3.63) is 23.8 Å². The summed E-state index contributed by atoms with van der Waals surface area (Å²) in [5.74, 6) is 4.52. The summed E-state index contributed by atoms with van der Waals surface area (Å²) >= 11 is 7.39. The Morgan fingerprint density at radius 2 is 1.43 bits per heavy atom. The summed E-state index contributed by atoms with van der Waals surface area (Å²) in [6, 6.07) is 0. The van der Waals surface area contributed by atoms with E-state index in [1.165, 1.54) is 57.8 Å². The second kappa shape index (κ2) is 14.1. The second-order valence-corrected chi connectivity index (χ2v) is 43.9. The molecular weight excluding hydrogens is 728 g/mol. The zero-order chi connectivity index (χ0) is 20.5. The Bertz CT molecular complexity index is 540. The van der Waals surface area contributed by atoms with Crippen molar-refractivity contribution in [2.24, 2.45) is 17.8 Å². The van der Waals surface area contributed by atoms with E-state index in [1.807, 2.05) is 19.3 Å². The van der Waals surface area contributed by atoms with Gasteiger partial charge in [-0.2, -0.15) is 0 Å². The molecule has 0 amide bonds. The van der Waals surface area contributed by atoms with Crippen LogP contribution in [0.1, 0.15) is 88.9 Å². The number of hydrogen-bond donors (Lipinski definition) is 1. The zero-order valence-electron chi connectivity index (χ0n) is 17.0. The van der Waals surface area contributed by atoms with Crippen molar-refractivity contribution >= 4 is 59.9 Å². The third kappa shape index (κ3) is 9.53. The van der Waals surface area contributed by atoms with Crippen molar-refractivity contribution < 1.29 is 10.0 Å². The van der Waals surface area contributed by atoms with Crippen molar-refractivity contribution in [3.8, 4) is 0 Å². The molecule has 3 nitrogen and oxygen atoms in total. The van der Waals surface area contributed by atoms with Crippen LogP contribution in [0, 0.1) is 17.8 Å². The van der Waals surface area contributed by atoms with E-state index >= 15 is 0 Å². The van der Waals surface area contributed by atoms with Crippen LogP contribution < -0.4 is 0 Å². The monoisotopic (exact) mass is 762 g/mol. The maximum absolute atomic E-state index is 9.45. The molecule has 0 aliphatic heterocycles. The first-order chi connectivity index (χ1) is 13.4. The van der Waals surface area contributed by atoms with Crippen LogP contribution in [0.4, 0.5) is 0 Å². The van der Waals surface area contributed by atoms with Crippen molar-refractivity contribution in [2.75, 3.05) is 0 Å². The Hall–Kier alpha value is 1.81. The molecule has 0 saturated heterocycles. The van der Waals surface area contributed by atoms with E-state index in [0.29, 0.717) is 12.3 Å². The topological polar surface area (TPSA) is 46.0 Å². The molecule has 0 radical (unpaired) electrons. The predicted molar refractivity (Wildman–Crippen MR) is 140 cm³/mol. The second-order valence-electron chi connectivity index (χ2n) is 8.50. The third-order valence-electron chi connectivity index (χ3n) is 6.53. The molecule has 2 aliphatic rings. The average Bonchev–Trinajstić information content (AvgIpc) is 2.68. The Morgan fingerprint density at radius 3 is 1.86 bits per heavy atom. The third-order valence-corrected chi connectivity index (χ3v) is 6.53. The van der Waals surface area contributed by atoms with Gasteiger partial charge >= 0.3 is 64.9 Å². The molecule has 1 heterocycles. The molecule has 1 aromatic heterocycles. The molecule has 2 saturated carbocycles. The van der Waals surface area contributed by atoms with Gasteiger partial charge in [0.1, 0.15) is 5.82 Å². The van der Waals surface area contributed by atoms with E-state index in [-0.39, 0.29) is 11.0 Å². The molecular formula is C21H34I3N2OV. The number of aliphatic hydroxyl groups is 1. The van der Waals surface area contributed by atoms with Crippen LogP contribution in [0.5, 0.6) is 0 Å². The first-order valence-corrected chi connectivity index (χ1v) is 24.2. The summed E-state index contributed by atoms with van der Waals surface area (Å²) in [6.45, 7) is 4.16. The SMILES string of the molecule is CCC1CCC(C2CCC(c3ncc(CC(C)O)cn3)CC2)CC1.[I][V]([I])[I]. The molecule has 2 fully saturated rings. The van der Waals surface area contributed by atoms with Gasteiger partial charge in [0.15, 0.2) is 0 Å². The van der Waals surface area contributed by atoms with Crippen LogP contribution in [0.2, 0.25) is 0 Å². The minimum absolute atomic E-state index is 0.278. The number of hydrogen-bond acceptors (Lipinski definition) is 3. The van der Waals surface area contributed by atoms with Gasteiger partial charge in [-0.05, 0) is 68.8 Å². The number of nitrogens with zero attached hydrogens (tertiary/aromatic N) is 2. The fourth-order valence-electron chi connectivity index (χ4n) is 4.94. The molecule has 0 spiro atoms. The van der Waals surface area contributed by atoms with Gasteiger partial charge in [0, 0.05) is 24.7 Å². The predicted octanol–water partition coefficient (Wildman–Crippen LogP) is 7.54. The van der Waals surface area contributed by atoms with Crippen molar-refractivity contribution in [3.63, 3.8) is 0 Å². The van der Waals surface area contributed by atoms with Crippen molar-refractivity contribution in [1.29, 1.82) is 0 Å². The standard InChI is InChI=1S/C21H34N2O.3HI.V/c1-3-16-4-6-18(7-5-16)19-8-10-20(11-9-19)21-22-13-17(14-23-21)12-15(2)24;;;;/h13-16,18-20,24H,3-12H2,1-2H3;3*1H;/q;;;;+3/p-3. The van der Waals surface area contributed by atoms with Gasteiger partial charge in [0.25, 0.3) is 0 Å². The zero-order valence-corrected chi connectivity index (χ0v) is 24.9. The van der Waals surface area contributed by atoms with Crippen LogP contribution in [-0.2, 0) is 11.3 Å². The Balaban J connectivity index is 0.000000640. The summed E-state index contributed by atoms with van der Waals surface area (Å²) in [6.07, 6.45) is 16.6. The Kier molecular flexibility index (Phi) is 13.1. The van der Waals surface area contributed by atoms with Gasteiger partial charge in [-0.3, -0.25) is 0 Å².